The van der Waals surface area contributed by atoms with Crippen molar-refractivity contribution in [1.29, 1.82) is 0 Å². The fourth-order valence-electron chi connectivity index (χ4n) is 7.19. The molecule has 2 atom stereocenters. The molecular weight excluding hydrogens is 468 g/mol. The van der Waals surface area contributed by atoms with Crippen LogP contribution in [0.2, 0.25) is 0 Å². The zero-order valence-corrected chi connectivity index (χ0v) is 21.0. The first-order valence-corrected chi connectivity index (χ1v) is 13.1. The molecule has 0 N–H and O–H groups in total. The van der Waals surface area contributed by atoms with E-state index in [-0.39, 0.29) is 11.8 Å². The summed E-state index contributed by atoms with van der Waals surface area (Å²) in [7, 11) is 2.21. The van der Waals surface area contributed by atoms with E-state index in [1.54, 1.807) is 6.20 Å². The van der Waals surface area contributed by atoms with Crippen molar-refractivity contribution >= 4 is 32.8 Å². The van der Waals surface area contributed by atoms with Crippen LogP contribution < -0.4 is 4.57 Å². The van der Waals surface area contributed by atoms with Crippen LogP contribution in [-0.2, 0) is 7.05 Å². The molecule has 0 amide bonds. The van der Waals surface area contributed by atoms with E-state index in [9.17, 15) is 0 Å². The Balaban J connectivity index is 1.35. The lowest BCUT2D eigenvalue weighted by atomic mass is 9.62. The van der Waals surface area contributed by atoms with Crippen molar-refractivity contribution in [3.05, 3.63) is 131 Å². The van der Waals surface area contributed by atoms with Gasteiger partial charge in [0.2, 0.25) is 11.4 Å². The monoisotopic (exact) mass is 491 g/mol. The molecule has 0 radical (unpaired) electrons. The van der Waals surface area contributed by atoms with Crippen molar-refractivity contribution < 1.29 is 13.4 Å². The summed E-state index contributed by atoms with van der Waals surface area (Å²) in [5.41, 5.74) is 13.4. The Hall–Kier alpha value is -4.70. The Morgan fingerprint density at radius 2 is 1.50 bits per heavy atom. The molecule has 4 nitrogen and oxygen atoms in total. The molecular formula is C34H23N2O2+. The second kappa shape index (κ2) is 6.99. The standard InChI is InChI=1S/C34H23N2O2/c1-18-9-10-23-24-8-5-13-35-34(24)38-33(23)29(18)28-12-11-25-30-21-6-3-4-7-22(21)31(32(25)36(28)2)27-15-20-17-37-16-19(20)14-26(27)30/h3-17,30-31H,1-2H3/q+1. The van der Waals surface area contributed by atoms with Crippen LogP contribution in [0.3, 0.4) is 0 Å². The number of nitrogens with zero attached hydrogens (tertiary/aromatic N) is 2. The van der Waals surface area contributed by atoms with Crippen LogP contribution in [0.15, 0.2) is 100 Å². The second-order valence-electron chi connectivity index (χ2n) is 10.7. The molecule has 2 bridgehead atoms. The zero-order valence-electron chi connectivity index (χ0n) is 21.0. The number of fused-ring (bicyclic) bond motifs is 4. The van der Waals surface area contributed by atoms with Gasteiger partial charge >= 0.3 is 0 Å². The molecule has 0 saturated carbocycles. The lowest BCUT2D eigenvalue weighted by Gasteiger charge is -2.39. The molecule has 7 aromatic rings. The quantitative estimate of drug-likeness (QED) is 0.223. The predicted octanol–water partition coefficient (Wildman–Crippen LogP) is 7.51. The van der Waals surface area contributed by atoms with Crippen molar-refractivity contribution in [3.8, 4) is 11.3 Å². The zero-order chi connectivity index (χ0) is 25.1. The van der Waals surface area contributed by atoms with Gasteiger partial charge in [0.05, 0.1) is 24.0 Å². The molecule has 3 aliphatic rings. The largest absolute Gasteiger partial charge is 0.471 e. The molecule has 3 aliphatic carbocycles. The lowest BCUT2D eigenvalue weighted by molar-refractivity contribution is -0.669. The fraction of sp³-hybridized carbons (Fsp3) is 0.118. The third-order valence-electron chi connectivity index (χ3n) is 8.82. The minimum absolute atomic E-state index is 0.155. The van der Waals surface area contributed by atoms with Gasteiger partial charge in [-0.25, -0.2) is 4.98 Å². The first-order chi connectivity index (χ1) is 18.7. The number of rotatable bonds is 1. The number of hydrogen-bond acceptors (Lipinski definition) is 3. The van der Waals surface area contributed by atoms with E-state index in [2.05, 4.69) is 90.3 Å². The minimum Gasteiger partial charge on any atom is -0.471 e. The molecule has 10 rings (SSSR count). The highest BCUT2D eigenvalue weighted by Crippen LogP contribution is 2.55. The van der Waals surface area contributed by atoms with Gasteiger partial charge in [0.15, 0.2) is 11.3 Å². The average Bonchev–Trinajstić information content (AvgIpc) is 3.56. The molecule has 38 heavy (non-hydrogen) atoms. The van der Waals surface area contributed by atoms with Crippen molar-refractivity contribution in [2.24, 2.45) is 7.05 Å². The maximum absolute atomic E-state index is 6.40. The average molecular weight is 492 g/mol. The van der Waals surface area contributed by atoms with Crippen LogP contribution >= 0.6 is 0 Å². The summed E-state index contributed by atoms with van der Waals surface area (Å²) in [6, 6.07) is 26.7. The van der Waals surface area contributed by atoms with E-state index in [1.165, 1.54) is 39.1 Å². The number of hydrogen-bond donors (Lipinski definition) is 0. The summed E-state index contributed by atoms with van der Waals surface area (Å²) in [4.78, 5) is 4.50. The number of benzene rings is 3. The van der Waals surface area contributed by atoms with Crippen molar-refractivity contribution in [3.63, 3.8) is 0 Å². The van der Waals surface area contributed by atoms with E-state index < -0.39 is 0 Å². The molecule has 4 heteroatoms. The fourth-order valence-corrected chi connectivity index (χ4v) is 7.19. The highest BCUT2D eigenvalue weighted by molar-refractivity contribution is 6.08. The Morgan fingerprint density at radius 1 is 0.737 bits per heavy atom. The number of aryl methyl sites for hydroxylation is 1. The van der Waals surface area contributed by atoms with Crippen LogP contribution in [0.4, 0.5) is 0 Å². The van der Waals surface area contributed by atoms with E-state index in [0.717, 1.165) is 38.4 Å². The molecule has 0 fully saturated rings. The normalized spacial score (nSPS) is 17.2. The van der Waals surface area contributed by atoms with Crippen LogP contribution in [0, 0.1) is 6.92 Å². The SMILES string of the molecule is Cc1ccc2c(oc3ncccc32)c1-c1ccc2c([n+]1C)C1c3ccccc3C2c2cc3cocc3cc21. The predicted molar refractivity (Wildman–Crippen MR) is 147 cm³/mol. The van der Waals surface area contributed by atoms with Gasteiger partial charge in [0.25, 0.3) is 0 Å². The topological polar surface area (TPSA) is 43.0 Å². The highest BCUT2D eigenvalue weighted by Gasteiger charge is 2.47. The molecule has 0 spiro atoms. The van der Waals surface area contributed by atoms with Gasteiger partial charge in [0.1, 0.15) is 7.05 Å². The summed E-state index contributed by atoms with van der Waals surface area (Å²) in [6.07, 6.45) is 5.51. The third kappa shape index (κ3) is 2.41. The van der Waals surface area contributed by atoms with Gasteiger partial charge in [0, 0.05) is 45.3 Å². The second-order valence-corrected chi connectivity index (χ2v) is 10.7. The maximum atomic E-state index is 6.40. The molecule has 0 saturated heterocycles. The summed E-state index contributed by atoms with van der Waals surface area (Å²) in [5.74, 6) is 0.357. The molecule has 2 unspecified atom stereocenters. The van der Waals surface area contributed by atoms with E-state index in [1.807, 2.05) is 18.6 Å². The molecule has 180 valence electrons. The summed E-state index contributed by atoms with van der Waals surface area (Å²) >= 11 is 0. The molecule has 4 heterocycles. The van der Waals surface area contributed by atoms with Gasteiger partial charge in [-0.2, -0.15) is 4.57 Å². The van der Waals surface area contributed by atoms with Crippen LogP contribution in [0.1, 0.15) is 50.9 Å². The molecule has 3 aromatic carbocycles. The Bertz CT molecular complexity index is 2130. The number of pyridine rings is 2. The van der Waals surface area contributed by atoms with Crippen LogP contribution in [0.5, 0.6) is 0 Å². The van der Waals surface area contributed by atoms with Gasteiger partial charge in [-0.1, -0.05) is 36.4 Å². The van der Waals surface area contributed by atoms with Crippen molar-refractivity contribution in [1.82, 2.24) is 4.98 Å². The third-order valence-corrected chi connectivity index (χ3v) is 8.82. The van der Waals surface area contributed by atoms with E-state index in [0.29, 0.717) is 5.71 Å². The Morgan fingerprint density at radius 3 is 2.32 bits per heavy atom. The van der Waals surface area contributed by atoms with Gasteiger partial charge in [-0.15, -0.1) is 0 Å². The van der Waals surface area contributed by atoms with Gasteiger partial charge < -0.3 is 8.83 Å². The Kier molecular flexibility index (Phi) is 3.74. The van der Waals surface area contributed by atoms with Crippen molar-refractivity contribution in [2.45, 2.75) is 18.8 Å². The first kappa shape index (κ1) is 20.4. The van der Waals surface area contributed by atoms with E-state index in [4.69, 9.17) is 8.83 Å². The van der Waals surface area contributed by atoms with Crippen LogP contribution in [0.25, 0.3) is 44.1 Å². The van der Waals surface area contributed by atoms with Gasteiger partial charge in [-0.05, 0) is 65.1 Å². The highest BCUT2D eigenvalue weighted by atomic mass is 16.3. The number of aromatic nitrogens is 2. The maximum Gasteiger partial charge on any atom is 0.227 e. The van der Waals surface area contributed by atoms with Crippen molar-refractivity contribution in [2.75, 3.05) is 0 Å². The number of furan rings is 2. The van der Waals surface area contributed by atoms with Crippen LogP contribution in [-0.4, -0.2) is 4.98 Å². The summed E-state index contributed by atoms with van der Waals surface area (Å²) in [5, 5.41) is 4.48. The minimum atomic E-state index is 0.155. The summed E-state index contributed by atoms with van der Waals surface area (Å²) < 4.78 is 14.4. The molecule has 4 aromatic heterocycles. The first-order valence-electron chi connectivity index (χ1n) is 13.1. The van der Waals surface area contributed by atoms with E-state index >= 15 is 0 Å². The Labute approximate surface area is 218 Å². The van der Waals surface area contributed by atoms with Gasteiger partial charge in [-0.3, -0.25) is 0 Å². The molecule has 0 aliphatic heterocycles. The summed E-state index contributed by atoms with van der Waals surface area (Å²) in [6.45, 7) is 2.17. The lowest BCUT2D eigenvalue weighted by Crippen LogP contribution is -2.44. The smallest absolute Gasteiger partial charge is 0.227 e.